The third-order valence-corrected chi connectivity index (χ3v) is 6.60. The van der Waals surface area contributed by atoms with Crippen molar-refractivity contribution in [2.75, 3.05) is 5.73 Å². The molecule has 0 aliphatic heterocycles. The predicted octanol–water partition coefficient (Wildman–Crippen LogP) is 3.71. The lowest BCUT2D eigenvalue weighted by Crippen LogP contribution is -2.26. The van der Waals surface area contributed by atoms with Gasteiger partial charge in [0.1, 0.15) is 11.5 Å². The van der Waals surface area contributed by atoms with Crippen LogP contribution in [0.1, 0.15) is 11.1 Å². The fourth-order valence-corrected chi connectivity index (χ4v) is 4.54. The number of hydrogen-bond donors (Lipinski definition) is 3. The average molecular weight is 515 g/mol. The number of halogens is 3. The summed E-state index contributed by atoms with van der Waals surface area (Å²) < 4.78 is 91.9. The molecule has 0 saturated carbocycles. The quantitative estimate of drug-likeness (QED) is 0.323. The second-order valence-corrected chi connectivity index (χ2v) is 9.58. The molecule has 0 radical (unpaired) electrons. The van der Waals surface area contributed by atoms with E-state index >= 15 is 0 Å². The highest BCUT2D eigenvalue weighted by Crippen LogP contribution is 2.36. The predicted molar refractivity (Wildman–Crippen MR) is 117 cm³/mol. The number of sulfone groups is 1. The van der Waals surface area contributed by atoms with Gasteiger partial charge in [0.05, 0.1) is 27.5 Å². The first kappa shape index (κ1) is 25.2. The monoisotopic (exact) mass is 514 g/mol. The highest BCUT2D eigenvalue weighted by atomic mass is 32.2. The number of hydrogen-bond acceptors (Lipinski definition) is 6. The van der Waals surface area contributed by atoms with E-state index in [0.717, 1.165) is 12.1 Å². The van der Waals surface area contributed by atoms with Gasteiger partial charge in [-0.15, -0.1) is 0 Å². The number of alkyl halides is 3. The zero-order chi connectivity index (χ0) is 25.1. The van der Waals surface area contributed by atoms with Gasteiger partial charge in [0.25, 0.3) is 11.3 Å². The molecule has 0 heterocycles. The van der Waals surface area contributed by atoms with Crippen molar-refractivity contribution in [2.45, 2.75) is 22.4 Å². The van der Waals surface area contributed by atoms with Crippen LogP contribution in [-0.4, -0.2) is 23.1 Å². The summed E-state index contributed by atoms with van der Waals surface area (Å²) in [4.78, 5) is 11.6. The molecular formula is C21H17F3N2O6S2. The Kier molecular flexibility index (Phi) is 7.29. The number of anilines is 1. The van der Waals surface area contributed by atoms with Crippen LogP contribution >= 0.6 is 0 Å². The van der Waals surface area contributed by atoms with Gasteiger partial charge in [-0.05, 0) is 54.1 Å². The van der Waals surface area contributed by atoms with E-state index in [9.17, 15) is 30.6 Å². The number of nitrogen functional groups attached to an aromatic ring is 1. The van der Waals surface area contributed by atoms with E-state index < -0.39 is 45.2 Å². The van der Waals surface area contributed by atoms with Crippen molar-refractivity contribution in [3.05, 3.63) is 77.9 Å². The third kappa shape index (κ3) is 6.12. The molecule has 1 atom stereocenters. The highest BCUT2D eigenvalue weighted by molar-refractivity contribution is 7.91. The van der Waals surface area contributed by atoms with E-state index in [1.54, 1.807) is 22.9 Å². The standard InChI is InChI=1S/C21H17F3N2O6S2/c22-21(23,24)14-8-13(10-20(27)26-33(28)29)9-15(11-14)32-19-7-6-17(12-18(19)25)34(30,31)16-4-2-1-3-5-16/h1-9,11-12H,10,25H2,(H,26,27)(H,28,29). The molecule has 3 aromatic carbocycles. The third-order valence-electron chi connectivity index (χ3n) is 4.43. The van der Waals surface area contributed by atoms with Crippen LogP contribution in [0.15, 0.2) is 76.5 Å². The molecule has 4 N–H and O–H groups in total. The summed E-state index contributed by atoms with van der Waals surface area (Å²) in [7, 11) is -3.88. The maximum Gasteiger partial charge on any atom is 0.416 e. The Hall–Kier alpha value is -3.42. The molecule has 0 spiro atoms. The number of ether oxygens (including phenoxy) is 1. The Bertz CT molecular complexity index is 1350. The minimum Gasteiger partial charge on any atom is -0.455 e. The summed E-state index contributed by atoms with van der Waals surface area (Å²) in [6.07, 6.45) is -5.40. The van der Waals surface area contributed by atoms with Gasteiger partial charge in [0.15, 0.2) is 0 Å². The Labute approximate surface area is 194 Å². The van der Waals surface area contributed by atoms with Crippen LogP contribution in [0.2, 0.25) is 0 Å². The second kappa shape index (κ2) is 9.83. The van der Waals surface area contributed by atoms with Crippen LogP contribution in [-0.2, 0) is 38.5 Å². The van der Waals surface area contributed by atoms with Gasteiger partial charge in [-0.3, -0.25) is 14.1 Å². The van der Waals surface area contributed by atoms with Gasteiger partial charge in [-0.25, -0.2) is 12.6 Å². The molecule has 1 amide bonds. The molecule has 8 nitrogen and oxygen atoms in total. The SMILES string of the molecule is Nc1cc(S(=O)(=O)c2ccccc2)ccc1Oc1cc(CC(=O)NS(=O)O)cc(C(F)(F)F)c1. The number of nitrogens with one attached hydrogen (secondary N) is 1. The molecule has 34 heavy (non-hydrogen) atoms. The van der Waals surface area contributed by atoms with Crippen molar-refractivity contribution in [2.24, 2.45) is 0 Å². The smallest absolute Gasteiger partial charge is 0.416 e. The largest absolute Gasteiger partial charge is 0.455 e. The Morgan fingerprint density at radius 2 is 1.71 bits per heavy atom. The molecule has 0 aliphatic carbocycles. The van der Waals surface area contributed by atoms with Crippen molar-refractivity contribution < 1.29 is 39.9 Å². The molecule has 0 fully saturated rings. The van der Waals surface area contributed by atoms with Crippen molar-refractivity contribution >= 4 is 32.7 Å². The van der Waals surface area contributed by atoms with E-state index in [4.69, 9.17) is 15.0 Å². The first-order valence-electron chi connectivity index (χ1n) is 9.35. The lowest BCUT2D eigenvalue weighted by molar-refractivity contribution is -0.137. The summed E-state index contributed by atoms with van der Waals surface area (Å²) in [6, 6.07) is 13.6. The van der Waals surface area contributed by atoms with Crippen molar-refractivity contribution in [1.82, 2.24) is 4.72 Å². The molecule has 0 aliphatic rings. The number of carbonyl (C=O) groups is 1. The number of carbonyl (C=O) groups excluding carboxylic acids is 1. The molecule has 0 aromatic heterocycles. The first-order chi connectivity index (χ1) is 15.9. The van der Waals surface area contributed by atoms with E-state index in [1.807, 2.05) is 0 Å². The molecule has 0 bridgehead atoms. The summed E-state index contributed by atoms with van der Waals surface area (Å²) >= 11 is -2.67. The summed E-state index contributed by atoms with van der Waals surface area (Å²) in [6.45, 7) is 0. The van der Waals surface area contributed by atoms with Crippen molar-refractivity contribution in [1.29, 1.82) is 0 Å². The Balaban J connectivity index is 1.93. The van der Waals surface area contributed by atoms with Crippen LogP contribution in [0.25, 0.3) is 0 Å². The van der Waals surface area contributed by atoms with Crippen LogP contribution in [0, 0.1) is 0 Å². The van der Waals surface area contributed by atoms with Gasteiger partial charge in [0.2, 0.25) is 15.7 Å². The number of amides is 1. The van der Waals surface area contributed by atoms with Crippen molar-refractivity contribution in [3.63, 3.8) is 0 Å². The summed E-state index contributed by atoms with van der Waals surface area (Å²) in [5, 5.41) is 0. The molecule has 3 rings (SSSR count). The van der Waals surface area contributed by atoms with Crippen LogP contribution in [0.5, 0.6) is 11.5 Å². The zero-order valence-corrected chi connectivity index (χ0v) is 18.7. The molecule has 13 heteroatoms. The normalized spacial score (nSPS) is 12.7. The lowest BCUT2D eigenvalue weighted by atomic mass is 10.1. The van der Waals surface area contributed by atoms with Gasteiger partial charge < -0.3 is 10.5 Å². The van der Waals surface area contributed by atoms with E-state index in [1.165, 1.54) is 24.3 Å². The Morgan fingerprint density at radius 3 is 2.29 bits per heavy atom. The zero-order valence-electron chi connectivity index (χ0n) is 17.1. The summed E-state index contributed by atoms with van der Waals surface area (Å²) in [5.41, 5.74) is 4.49. The molecule has 180 valence electrons. The van der Waals surface area contributed by atoms with Crippen molar-refractivity contribution in [3.8, 4) is 11.5 Å². The molecule has 0 saturated heterocycles. The maximum atomic E-state index is 13.3. The second-order valence-electron chi connectivity index (χ2n) is 6.93. The average Bonchev–Trinajstić information content (AvgIpc) is 2.74. The van der Waals surface area contributed by atoms with Crippen LogP contribution in [0.4, 0.5) is 18.9 Å². The highest BCUT2D eigenvalue weighted by Gasteiger charge is 2.32. The van der Waals surface area contributed by atoms with E-state index in [2.05, 4.69) is 0 Å². The maximum absolute atomic E-state index is 13.3. The van der Waals surface area contributed by atoms with Gasteiger partial charge >= 0.3 is 6.18 Å². The Morgan fingerprint density at radius 1 is 1.03 bits per heavy atom. The van der Waals surface area contributed by atoms with E-state index in [0.29, 0.717) is 12.1 Å². The number of nitrogens with two attached hydrogens (primary N) is 1. The van der Waals surface area contributed by atoms with Crippen LogP contribution in [0.3, 0.4) is 0 Å². The van der Waals surface area contributed by atoms with Crippen LogP contribution < -0.4 is 15.2 Å². The fourth-order valence-electron chi connectivity index (χ4n) is 2.95. The van der Waals surface area contributed by atoms with Gasteiger partial charge in [-0.1, -0.05) is 18.2 Å². The number of rotatable bonds is 7. The molecular weight excluding hydrogens is 497 g/mol. The molecule has 1 unspecified atom stereocenters. The lowest BCUT2D eigenvalue weighted by Gasteiger charge is -2.14. The first-order valence-corrected chi connectivity index (χ1v) is 11.9. The topological polar surface area (TPSA) is 136 Å². The molecule has 3 aromatic rings. The minimum absolute atomic E-state index is 0.0349. The summed E-state index contributed by atoms with van der Waals surface area (Å²) in [5.74, 6) is -1.42. The minimum atomic E-state index is -4.77. The fraction of sp³-hybridized carbons (Fsp3) is 0.0952. The number of benzene rings is 3. The van der Waals surface area contributed by atoms with Gasteiger partial charge in [-0.2, -0.15) is 13.2 Å². The van der Waals surface area contributed by atoms with Gasteiger partial charge in [0, 0.05) is 0 Å². The van der Waals surface area contributed by atoms with E-state index in [-0.39, 0.29) is 32.5 Å².